The summed E-state index contributed by atoms with van der Waals surface area (Å²) in [6, 6.07) is 13.0. The van der Waals surface area contributed by atoms with E-state index in [4.69, 9.17) is 19.2 Å². The van der Waals surface area contributed by atoms with Gasteiger partial charge in [0.15, 0.2) is 16.7 Å². The maximum Gasteiger partial charge on any atom is 0.266 e. The third-order valence-corrected chi connectivity index (χ3v) is 5.44. The van der Waals surface area contributed by atoms with Crippen LogP contribution >= 0.6 is 11.8 Å². The van der Waals surface area contributed by atoms with E-state index in [1.807, 2.05) is 48.5 Å². The SMILES string of the molecule is COc1ccc(N=C2S/C(=C/c3ccc(OC)c(OC)c3)C(=O)N2CC(C)C)cc1. The Morgan fingerprint density at radius 3 is 2.30 bits per heavy atom. The second-order valence-corrected chi connectivity index (χ2v) is 8.14. The minimum Gasteiger partial charge on any atom is -0.497 e. The molecule has 0 aromatic heterocycles. The number of hydrogen-bond acceptors (Lipinski definition) is 6. The minimum atomic E-state index is -0.0456. The van der Waals surface area contributed by atoms with Crippen molar-refractivity contribution in [3.63, 3.8) is 0 Å². The highest BCUT2D eigenvalue weighted by molar-refractivity contribution is 8.18. The maximum absolute atomic E-state index is 13.1. The highest BCUT2D eigenvalue weighted by Gasteiger charge is 2.33. The number of amides is 1. The summed E-state index contributed by atoms with van der Waals surface area (Å²) in [6.45, 7) is 4.77. The van der Waals surface area contributed by atoms with E-state index < -0.39 is 0 Å². The third-order valence-electron chi connectivity index (χ3n) is 4.44. The largest absolute Gasteiger partial charge is 0.497 e. The number of benzene rings is 2. The van der Waals surface area contributed by atoms with E-state index >= 15 is 0 Å². The quantitative estimate of drug-likeness (QED) is 0.585. The van der Waals surface area contributed by atoms with Gasteiger partial charge in [-0.3, -0.25) is 9.69 Å². The molecule has 0 spiro atoms. The average Bonchev–Trinajstić information content (AvgIpc) is 3.02. The molecule has 2 aromatic carbocycles. The zero-order valence-corrected chi connectivity index (χ0v) is 18.7. The number of ether oxygens (including phenoxy) is 3. The fourth-order valence-corrected chi connectivity index (χ4v) is 3.99. The first-order valence-electron chi connectivity index (χ1n) is 9.61. The van der Waals surface area contributed by atoms with E-state index in [9.17, 15) is 4.79 Å². The van der Waals surface area contributed by atoms with Gasteiger partial charge >= 0.3 is 0 Å². The van der Waals surface area contributed by atoms with Gasteiger partial charge in [-0.2, -0.15) is 0 Å². The third kappa shape index (κ3) is 4.97. The van der Waals surface area contributed by atoms with Crippen LogP contribution in [0.25, 0.3) is 6.08 Å². The first kappa shape index (κ1) is 21.8. The molecule has 30 heavy (non-hydrogen) atoms. The average molecular weight is 427 g/mol. The lowest BCUT2D eigenvalue weighted by Crippen LogP contribution is -2.32. The van der Waals surface area contributed by atoms with Gasteiger partial charge in [-0.1, -0.05) is 19.9 Å². The number of carbonyl (C=O) groups is 1. The molecule has 1 aliphatic rings. The van der Waals surface area contributed by atoms with Crippen LogP contribution in [-0.2, 0) is 4.79 Å². The normalized spacial score (nSPS) is 16.6. The Morgan fingerprint density at radius 1 is 1.00 bits per heavy atom. The summed E-state index contributed by atoms with van der Waals surface area (Å²) in [5.41, 5.74) is 1.63. The van der Waals surface area contributed by atoms with Crippen molar-refractivity contribution in [2.75, 3.05) is 27.9 Å². The summed E-state index contributed by atoms with van der Waals surface area (Å²) in [7, 11) is 4.81. The molecule has 1 amide bonds. The van der Waals surface area contributed by atoms with Gasteiger partial charge in [0.05, 0.1) is 31.9 Å². The molecular formula is C23H26N2O4S. The van der Waals surface area contributed by atoms with Gasteiger partial charge in [0.2, 0.25) is 0 Å². The van der Waals surface area contributed by atoms with Crippen LogP contribution in [0.3, 0.4) is 0 Å². The van der Waals surface area contributed by atoms with Crippen molar-refractivity contribution in [2.24, 2.45) is 10.9 Å². The fourth-order valence-electron chi connectivity index (χ4n) is 2.98. The molecule has 158 valence electrons. The van der Waals surface area contributed by atoms with Crippen LogP contribution in [0.1, 0.15) is 19.4 Å². The zero-order chi connectivity index (χ0) is 21.7. The number of amidine groups is 1. The van der Waals surface area contributed by atoms with Gasteiger partial charge < -0.3 is 14.2 Å². The number of rotatable bonds is 7. The summed E-state index contributed by atoms with van der Waals surface area (Å²) < 4.78 is 15.9. The first-order chi connectivity index (χ1) is 14.4. The molecule has 7 heteroatoms. The molecule has 0 atom stereocenters. The predicted molar refractivity (Wildman–Crippen MR) is 122 cm³/mol. The standard InChI is InChI=1S/C23H26N2O4S/c1-15(2)14-25-22(26)21(13-16-6-11-19(28-4)20(12-16)29-5)30-23(25)24-17-7-9-18(27-3)10-8-17/h6-13,15H,14H2,1-5H3/b21-13+,24-23?. The van der Waals surface area contributed by atoms with Crippen LogP contribution in [0, 0.1) is 5.92 Å². The van der Waals surface area contributed by atoms with E-state index in [1.54, 1.807) is 26.2 Å². The lowest BCUT2D eigenvalue weighted by molar-refractivity contribution is -0.122. The molecule has 6 nitrogen and oxygen atoms in total. The number of methoxy groups -OCH3 is 3. The smallest absolute Gasteiger partial charge is 0.266 e. The summed E-state index contributed by atoms with van der Waals surface area (Å²) in [5, 5.41) is 0.672. The Hall–Kier alpha value is -2.93. The van der Waals surface area contributed by atoms with Crippen molar-refractivity contribution in [3.05, 3.63) is 52.9 Å². The molecule has 3 rings (SSSR count). The number of hydrogen-bond donors (Lipinski definition) is 0. The molecule has 0 radical (unpaired) electrons. The molecular weight excluding hydrogens is 400 g/mol. The Labute approximate surface area is 181 Å². The van der Waals surface area contributed by atoms with Gasteiger partial charge in [0.1, 0.15) is 5.75 Å². The van der Waals surface area contributed by atoms with Crippen molar-refractivity contribution in [2.45, 2.75) is 13.8 Å². The van der Waals surface area contributed by atoms with Crippen molar-refractivity contribution < 1.29 is 19.0 Å². The lowest BCUT2D eigenvalue weighted by Gasteiger charge is -2.17. The van der Waals surface area contributed by atoms with E-state index in [0.29, 0.717) is 34.0 Å². The molecule has 0 bridgehead atoms. The fraction of sp³-hybridized carbons (Fsp3) is 0.304. The van der Waals surface area contributed by atoms with Crippen molar-refractivity contribution >= 4 is 34.6 Å². The molecule has 0 N–H and O–H groups in total. The highest BCUT2D eigenvalue weighted by atomic mass is 32.2. The minimum absolute atomic E-state index is 0.0456. The molecule has 1 heterocycles. The van der Waals surface area contributed by atoms with Crippen LogP contribution in [0.15, 0.2) is 52.4 Å². The molecule has 2 aromatic rings. The number of aliphatic imine (C=N–C) groups is 1. The van der Waals surface area contributed by atoms with Gasteiger partial charge in [-0.05, 0) is 65.7 Å². The molecule has 0 unspecified atom stereocenters. The van der Waals surface area contributed by atoms with Gasteiger partial charge in [-0.15, -0.1) is 0 Å². The van der Waals surface area contributed by atoms with Gasteiger partial charge in [-0.25, -0.2) is 4.99 Å². The Kier molecular flexibility index (Phi) is 7.05. The van der Waals surface area contributed by atoms with Crippen LogP contribution in [-0.4, -0.2) is 43.8 Å². The topological polar surface area (TPSA) is 60.4 Å². The summed E-state index contributed by atoms with van der Waals surface area (Å²) >= 11 is 1.38. The van der Waals surface area contributed by atoms with E-state index in [1.165, 1.54) is 11.8 Å². The molecule has 0 saturated carbocycles. The lowest BCUT2D eigenvalue weighted by atomic mass is 10.1. The summed E-state index contributed by atoms with van der Waals surface area (Å²) in [5.74, 6) is 2.30. The number of nitrogens with zero attached hydrogens (tertiary/aromatic N) is 2. The van der Waals surface area contributed by atoms with Crippen molar-refractivity contribution in [3.8, 4) is 17.2 Å². The predicted octanol–water partition coefficient (Wildman–Crippen LogP) is 4.97. The Balaban J connectivity index is 1.94. The van der Waals surface area contributed by atoms with Crippen LogP contribution in [0.5, 0.6) is 17.2 Å². The zero-order valence-electron chi connectivity index (χ0n) is 17.8. The van der Waals surface area contributed by atoms with Gasteiger partial charge in [0, 0.05) is 6.54 Å². The summed E-state index contributed by atoms with van der Waals surface area (Å²) in [4.78, 5) is 20.2. The molecule has 1 fully saturated rings. The van der Waals surface area contributed by atoms with E-state index in [2.05, 4.69) is 13.8 Å². The number of thioether (sulfide) groups is 1. The monoisotopic (exact) mass is 426 g/mol. The van der Waals surface area contributed by atoms with Crippen molar-refractivity contribution in [1.29, 1.82) is 0 Å². The Morgan fingerprint density at radius 2 is 1.70 bits per heavy atom. The Bertz CT molecular complexity index is 968. The maximum atomic E-state index is 13.1. The molecule has 1 saturated heterocycles. The van der Waals surface area contributed by atoms with E-state index in [-0.39, 0.29) is 5.91 Å². The van der Waals surface area contributed by atoms with E-state index in [0.717, 1.165) is 17.0 Å². The highest BCUT2D eigenvalue weighted by Crippen LogP contribution is 2.36. The molecule has 1 aliphatic heterocycles. The first-order valence-corrected chi connectivity index (χ1v) is 10.4. The van der Waals surface area contributed by atoms with Crippen LogP contribution < -0.4 is 14.2 Å². The van der Waals surface area contributed by atoms with Crippen LogP contribution in [0.2, 0.25) is 0 Å². The number of carbonyl (C=O) groups excluding carboxylic acids is 1. The van der Waals surface area contributed by atoms with Crippen LogP contribution in [0.4, 0.5) is 5.69 Å². The van der Waals surface area contributed by atoms with Gasteiger partial charge in [0.25, 0.3) is 5.91 Å². The second-order valence-electron chi connectivity index (χ2n) is 7.13. The van der Waals surface area contributed by atoms with Crippen molar-refractivity contribution in [1.82, 2.24) is 4.90 Å². The second kappa shape index (κ2) is 9.71. The molecule has 0 aliphatic carbocycles. The summed E-state index contributed by atoms with van der Waals surface area (Å²) in [6.07, 6.45) is 1.86.